The van der Waals surface area contributed by atoms with Crippen molar-refractivity contribution in [3.05, 3.63) is 0 Å². The van der Waals surface area contributed by atoms with Crippen LogP contribution in [-0.4, -0.2) is 43.3 Å². The maximum Gasteiger partial charge on any atom is 0.0777 e. The molecule has 3 heteroatoms. The molecule has 3 atom stereocenters. The number of nitrogens with zero attached hydrogens (tertiary/aromatic N) is 1. The molecule has 1 saturated heterocycles. The molecule has 0 spiro atoms. The fourth-order valence-corrected chi connectivity index (χ4v) is 3.49. The summed E-state index contributed by atoms with van der Waals surface area (Å²) in [5, 5.41) is 0. The van der Waals surface area contributed by atoms with E-state index < -0.39 is 0 Å². The van der Waals surface area contributed by atoms with Gasteiger partial charge in [0.25, 0.3) is 0 Å². The molecule has 2 N–H and O–H groups in total. The van der Waals surface area contributed by atoms with Crippen LogP contribution in [0.15, 0.2) is 0 Å². The zero-order valence-corrected chi connectivity index (χ0v) is 11.5. The van der Waals surface area contributed by atoms with E-state index in [0.717, 1.165) is 12.5 Å². The summed E-state index contributed by atoms with van der Waals surface area (Å²) in [5.74, 6) is 0.818. The van der Waals surface area contributed by atoms with Crippen molar-refractivity contribution < 1.29 is 4.74 Å². The predicted molar refractivity (Wildman–Crippen MR) is 71.0 cm³/mol. The van der Waals surface area contributed by atoms with Crippen molar-refractivity contribution in [3.8, 4) is 0 Å². The van der Waals surface area contributed by atoms with Crippen LogP contribution in [0.1, 0.15) is 45.4 Å². The van der Waals surface area contributed by atoms with Crippen LogP contribution in [0.2, 0.25) is 0 Å². The summed E-state index contributed by atoms with van der Waals surface area (Å²) in [6.07, 6.45) is 7.61. The number of hydrogen-bond donors (Lipinski definition) is 1. The van der Waals surface area contributed by atoms with E-state index in [0.29, 0.717) is 6.04 Å². The maximum atomic E-state index is 6.07. The number of rotatable bonds is 3. The van der Waals surface area contributed by atoms with Gasteiger partial charge in [-0.2, -0.15) is 0 Å². The fourth-order valence-electron chi connectivity index (χ4n) is 3.49. The molecular formula is C14H28N2O. The lowest BCUT2D eigenvalue weighted by molar-refractivity contribution is -0.0547. The van der Waals surface area contributed by atoms with Gasteiger partial charge in [0, 0.05) is 26.2 Å². The number of piperidine rings is 1. The molecule has 1 saturated carbocycles. The third kappa shape index (κ3) is 3.67. The average molecular weight is 240 g/mol. The molecule has 2 rings (SSSR count). The summed E-state index contributed by atoms with van der Waals surface area (Å²) in [7, 11) is 1.85. The molecule has 1 heterocycles. The van der Waals surface area contributed by atoms with Gasteiger partial charge >= 0.3 is 0 Å². The van der Waals surface area contributed by atoms with E-state index in [1.54, 1.807) is 0 Å². The second kappa shape index (κ2) is 5.68. The minimum Gasteiger partial charge on any atom is -0.377 e. The summed E-state index contributed by atoms with van der Waals surface area (Å²) in [6, 6.07) is 0.451. The molecule has 1 aliphatic carbocycles. The SMILES string of the molecule is COC1(C)CCCN(CC2CCCC(N)C2)C1. The van der Waals surface area contributed by atoms with Crippen molar-refractivity contribution in [1.29, 1.82) is 0 Å². The summed E-state index contributed by atoms with van der Waals surface area (Å²) in [5.41, 5.74) is 6.14. The quantitative estimate of drug-likeness (QED) is 0.820. The smallest absolute Gasteiger partial charge is 0.0777 e. The van der Waals surface area contributed by atoms with Crippen LogP contribution in [0.5, 0.6) is 0 Å². The van der Waals surface area contributed by atoms with E-state index in [9.17, 15) is 0 Å². The first-order chi connectivity index (χ1) is 8.11. The lowest BCUT2D eigenvalue weighted by Crippen LogP contribution is -2.49. The molecule has 2 aliphatic rings. The first-order valence-corrected chi connectivity index (χ1v) is 7.14. The van der Waals surface area contributed by atoms with Gasteiger partial charge in [-0.25, -0.2) is 0 Å². The molecule has 0 aromatic heterocycles. The molecule has 1 aliphatic heterocycles. The van der Waals surface area contributed by atoms with Gasteiger partial charge in [-0.15, -0.1) is 0 Å². The number of ether oxygens (including phenoxy) is 1. The molecule has 100 valence electrons. The van der Waals surface area contributed by atoms with E-state index in [1.807, 2.05) is 7.11 Å². The Balaban J connectivity index is 1.82. The topological polar surface area (TPSA) is 38.5 Å². The highest BCUT2D eigenvalue weighted by atomic mass is 16.5. The van der Waals surface area contributed by atoms with Gasteiger partial charge in [0.15, 0.2) is 0 Å². The van der Waals surface area contributed by atoms with Crippen molar-refractivity contribution in [3.63, 3.8) is 0 Å². The maximum absolute atomic E-state index is 6.07. The van der Waals surface area contributed by atoms with Gasteiger partial charge in [-0.3, -0.25) is 0 Å². The van der Waals surface area contributed by atoms with Gasteiger partial charge in [0.05, 0.1) is 5.60 Å². The Morgan fingerprint density at radius 1 is 1.35 bits per heavy atom. The molecule has 0 radical (unpaired) electrons. The van der Waals surface area contributed by atoms with E-state index >= 15 is 0 Å². The Kier molecular flexibility index (Phi) is 4.45. The summed E-state index contributed by atoms with van der Waals surface area (Å²) in [6.45, 7) is 5.80. The van der Waals surface area contributed by atoms with Crippen molar-refractivity contribution >= 4 is 0 Å². The Morgan fingerprint density at radius 3 is 2.88 bits per heavy atom. The molecule has 0 aromatic carbocycles. The zero-order chi connectivity index (χ0) is 12.3. The predicted octanol–water partition coefficient (Wildman–Crippen LogP) is 2.00. The summed E-state index contributed by atoms with van der Waals surface area (Å²) in [4.78, 5) is 2.59. The van der Waals surface area contributed by atoms with E-state index in [2.05, 4.69) is 11.8 Å². The highest BCUT2D eigenvalue weighted by Crippen LogP contribution is 2.28. The molecule has 3 nitrogen and oxygen atoms in total. The Morgan fingerprint density at radius 2 is 2.18 bits per heavy atom. The van der Waals surface area contributed by atoms with Gasteiger partial charge in [0.1, 0.15) is 0 Å². The van der Waals surface area contributed by atoms with Gasteiger partial charge in [0.2, 0.25) is 0 Å². The Hall–Kier alpha value is -0.120. The Bertz CT molecular complexity index is 246. The molecule has 0 amide bonds. The summed E-state index contributed by atoms with van der Waals surface area (Å²) >= 11 is 0. The number of hydrogen-bond acceptors (Lipinski definition) is 3. The standard InChI is InChI=1S/C14H28N2O/c1-14(17-2)7-4-8-16(11-14)10-12-5-3-6-13(15)9-12/h12-13H,3-11,15H2,1-2H3. The van der Waals surface area contributed by atoms with Crippen molar-refractivity contribution in [1.82, 2.24) is 4.90 Å². The van der Waals surface area contributed by atoms with Crippen molar-refractivity contribution in [2.24, 2.45) is 11.7 Å². The van der Waals surface area contributed by atoms with E-state index in [-0.39, 0.29) is 5.60 Å². The molecule has 3 unspecified atom stereocenters. The van der Waals surface area contributed by atoms with Crippen LogP contribution in [-0.2, 0) is 4.74 Å². The monoisotopic (exact) mass is 240 g/mol. The number of nitrogens with two attached hydrogens (primary N) is 1. The minimum atomic E-state index is 0.0784. The van der Waals surface area contributed by atoms with Crippen molar-refractivity contribution in [2.45, 2.75) is 57.1 Å². The van der Waals surface area contributed by atoms with Crippen LogP contribution in [0.4, 0.5) is 0 Å². The van der Waals surface area contributed by atoms with Crippen molar-refractivity contribution in [2.75, 3.05) is 26.7 Å². The van der Waals surface area contributed by atoms with Gasteiger partial charge in [-0.1, -0.05) is 6.42 Å². The largest absolute Gasteiger partial charge is 0.377 e. The van der Waals surface area contributed by atoms with Crippen LogP contribution >= 0.6 is 0 Å². The first kappa shape index (κ1) is 13.3. The fraction of sp³-hybridized carbons (Fsp3) is 1.00. The normalized spacial score (nSPS) is 40.4. The highest BCUT2D eigenvalue weighted by Gasteiger charge is 2.32. The highest BCUT2D eigenvalue weighted by molar-refractivity contribution is 4.86. The second-order valence-electron chi connectivity index (χ2n) is 6.29. The van der Waals surface area contributed by atoms with E-state index in [4.69, 9.17) is 10.5 Å². The van der Waals surface area contributed by atoms with E-state index in [1.165, 1.54) is 51.6 Å². The van der Waals surface area contributed by atoms with Gasteiger partial charge in [-0.05, 0) is 51.5 Å². The van der Waals surface area contributed by atoms with Crippen LogP contribution < -0.4 is 5.73 Å². The number of methoxy groups -OCH3 is 1. The van der Waals surface area contributed by atoms with Crippen LogP contribution in [0.25, 0.3) is 0 Å². The number of likely N-dealkylation sites (tertiary alicyclic amines) is 1. The molecular weight excluding hydrogens is 212 g/mol. The molecule has 2 fully saturated rings. The first-order valence-electron chi connectivity index (χ1n) is 7.14. The third-order valence-corrected chi connectivity index (χ3v) is 4.57. The average Bonchev–Trinajstić information content (AvgIpc) is 2.29. The zero-order valence-electron chi connectivity index (χ0n) is 11.5. The van der Waals surface area contributed by atoms with Crippen LogP contribution in [0.3, 0.4) is 0 Å². The van der Waals surface area contributed by atoms with Gasteiger partial charge < -0.3 is 15.4 Å². The second-order valence-corrected chi connectivity index (χ2v) is 6.29. The molecule has 0 aromatic rings. The lowest BCUT2D eigenvalue weighted by atomic mass is 9.85. The lowest BCUT2D eigenvalue weighted by Gasteiger charge is -2.41. The molecule has 0 bridgehead atoms. The Labute approximate surface area is 106 Å². The third-order valence-electron chi connectivity index (χ3n) is 4.57. The summed E-state index contributed by atoms with van der Waals surface area (Å²) < 4.78 is 5.65. The van der Waals surface area contributed by atoms with Crippen LogP contribution in [0, 0.1) is 5.92 Å². The molecule has 17 heavy (non-hydrogen) atoms. The minimum absolute atomic E-state index is 0.0784.